The molecule has 19 heavy (non-hydrogen) atoms. The molecule has 6 heteroatoms. The first-order valence-electron chi connectivity index (χ1n) is 5.99. The van der Waals surface area contributed by atoms with Crippen LogP contribution >= 0.6 is 11.6 Å². The molecule has 0 aliphatic rings. The summed E-state index contributed by atoms with van der Waals surface area (Å²) in [6.07, 6.45) is 1.54. The van der Waals surface area contributed by atoms with Crippen molar-refractivity contribution in [3.8, 4) is 0 Å². The van der Waals surface area contributed by atoms with Crippen molar-refractivity contribution in [3.05, 3.63) is 41.4 Å². The lowest BCUT2D eigenvalue weighted by atomic mass is 10.2. The molecular weight excluding hydrogens is 284 g/mol. The first kappa shape index (κ1) is 16.2. The number of halogens is 1. The topological polar surface area (TPSA) is 49.4 Å². The number of hydrogen-bond donors (Lipinski definition) is 1. The Morgan fingerprint density at radius 3 is 2.68 bits per heavy atom. The fraction of sp³-hybridized carbons (Fsp3) is 0.385. The van der Waals surface area contributed by atoms with Gasteiger partial charge in [-0.3, -0.25) is 0 Å². The Hall–Kier alpha value is -0.880. The Kier molecular flexibility index (Phi) is 6.00. The third-order valence-electron chi connectivity index (χ3n) is 2.68. The summed E-state index contributed by atoms with van der Waals surface area (Å²) in [5.41, 5.74) is 0.883. The second-order valence-corrected chi connectivity index (χ2v) is 6.56. The normalized spacial score (nSPS) is 11.8. The molecule has 0 aromatic heterocycles. The van der Waals surface area contributed by atoms with Gasteiger partial charge in [0.1, 0.15) is 0 Å². The van der Waals surface area contributed by atoms with Crippen LogP contribution in [-0.4, -0.2) is 32.9 Å². The van der Waals surface area contributed by atoms with E-state index < -0.39 is 10.0 Å². The van der Waals surface area contributed by atoms with Crippen LogP contribution in [0.2, 0.25) is 5.02 Å². The zero-order chi connectivity index (χ0) is 14.5. The maximum absolute atomic E-state index is 12.2. The van der Waals surface area contributed by atoms with E-state index in [4.69, 9.17) is 11.6 Å². The Morgan fingerprint density at radius 2 is 2.16 bits per heavy atom. The largest absolute Gasteiger partial charge is 0.313 e. The van der Waals surface area contributed by atoms with Gasteiger partial charge in [0.15, 0.2) is 0 Å². The molecule has 0 amide bonds. The van der Waals surface area contributed by atoms with Gasteiger partial charge in [-0.15, -0.1) is 6.58 Å². The van der Waals surface area contributed by atoms with Crippen LogP contribution in [0.25, 0.3) is 0 Å². The maximum Gasteiger partial charge on any atom is 0.243 e. The highest BCUT2D eigenvalue weighted by Crippen LogP contribution is 2.22. The lowest BCUT2D eigenvalue weighted by Gasteiger charge is -2.16. The molecular formula is C13H19ClN2O2S. The van der Waals surface area contributed by atoms with Crippen LogP contribution in [0.1, 0.15) is 12.5 Å². The van der Waals surface area contributed by atoms with Crippen molar-refractivity contribution in [1.82, 2.24) is 9.62 Å². The van der Waals surface area contributed by atoms with Crippen molar-refractivity contribution < 1.29 is 8.42 Å². The van der Waals surface area contributed by atoms with E-state index in [0.29, 0.717) is 11.6 Å². The van der Waals surface area contributed by atoms with Crippen LogP contribution < -0.4 is 5.32 Å². The quantitative estimate of drug-likeness (QED) is 0.786. The summed E-state index contributed by atoms with van der Waals surface area (Å²) < 4.78 is 25.6. The van der Waals surface area contributed by atoms with Crippen molar-refractivity contribution in [2.24, 2.45) is 0 Å². The van der Waals surface area contributed by atoms with Crippen LogP contribution in [-0.2, 0) is 16.6 Å². The molecule has 1 rings (SSSR count). The van der Waals surface area contributed by atoms with Crippen molar-refractivity contribution in [1.29, 1.82) is 0 Å². The Morgan fingerprint density at radius 1 is 1.47 bits per heavy atom. The summed E-state index contributed by atoms with van der Waals surface area (Å²) in [7, 11) is -1.99. The fourth-order valence-electron chi connectivity index (χ4n) is 1.55. The van der Waals surface area contributed by atoms with Crippen LogP contribution in [0, 0.1) is 0 Å². The number of nitrogens with zero attached hydrogens (tertiary/aromatic N) is 1. The van der Waals surface area contributed by atoms with E-state index in [1.54, 1.807) is 18.2 Å². The zero-order valence-corrected chi connectivity index (χ0v) is 12.8. The predicted octanol–water partition coefficient (Wildman–Crippen LogP) is 2.26. The number of rotatable bonds is 7. The molecule has 1 N–H and O–H groups in total. The Labute approximate surface area is 120 Å². The van der Waals surface area contributed by atoms with Crippen LogP contribution in [0.5, 0.6) is 0 Å². The molecule has 0 atom stereocenters. The summed E-state index contributed by atoms with van der Waals surface area (Å²) in [6, 6.07) is 4.80. The average Bonchev–Trinajstić information content (AvgIpc) is 2.37. The molecule has 1 aromatic rings. The second kappa shape index (κ2) is 7.05. The SMILES string of the molecule is C=CCN(C)S(=O)(=O)c1ccc(CNCC)c(Cl)c1. The van der Waals surface area contributed by atoms with Gasteiger partial charge in [-0.2, -0.15) is 4.31 Å². The fourth-order valence-corrected chi connectivity index (χ4v) is 3.03. The molecule has 0 saturated carbocycles. The zero-order valence-electron chi connectivity index (χ0n) is 11.2. The lowest BCUT2D eigenvalue weighted by molar-refractivity contribution is 0.499. The molecule has 4 nitrogen and oxygen atoms in total. The minimum Gasteiger partial charge on any atom is -0.313 e. The number of benzene rings is 1. The molecule has 0 aliphatic carbocycles. The van der Waals surface area contributed by atoms with Gasteiger partial charge in [0.05, 0.1) is 4.90 Å². The van der Waals surface area contributed by atoms with Gasteiger partial charge < -0.3 is 5.32 Å². The number of sulfonamides is 1. The van der Waals surface area contributed by atoms with Gasteiger partial charge >= 0.3 is 0 Å². The summed E-state index contributed by atoms with van der Waals surface area (Å²) in [5.74, 6) is 0. The van der Waals surface area contributed by atoms with E-state index in [-0.39, 0.29) is 11.4 Å². The predicted molar refractivity (Wildman–Crippen MR) is 78.8 cm³/mol. The molecule has 1 aromatic carbocycles. The third-order valence-corrected chi connectivity index (χ3v) is 4.86. The Balaban J connectivity index is 3.03. The van der Waals surface area contributed by atoms with Crippen LogP contribution in [0.15, 0.2) is 35.7 Å². The van der Waals surface area contributed by atoms with Crippen molar-refractivity contribution in [2.45, 2.75) is 18.4 Å². The molecule has 0 fully saturated rings. The van der Waals surface area contributed by atoms with Crippen molar-refractivity contribution in [2.75, 3.05) is 20.1 Å². The van der Waals surface area contributed by atoms with Crippen molar-refractivity contribution in [3.63, 3.8) is 0 Å². The van der Waals surface area contributed by atoms with Gasteiger partial charge in [-0.25, -0.2) is 8.42 Å². The lowest BCUT2D eigenvalue weighted by Crippen LogP contribution is -2.27. The summed E-state index contributed by atoms with van der Waals surface area (Å²) in [6.45, 7) is 7.25. The number of hydrogen-bond acceptors (Lipinski definition) is 3. The standard InChI is InChI=1S/C13H19ClN2O2S/c1-4-8-16(3)19(17,18)12-7-6-11(10-15-5-2)13(14)9-12/h4,6-7,9,15H,1,5,8,10H2,2-3H3. The monoisotopic (exact) mass is 302 g/mol. The molecule has 0 bridgehead atoms. The minimum atomic E-state index is -3.50. The van der Waals surface area contributed by atoms with E-state index in [0.717, 1.165) is 12.1 Å². The first-order valence-corrected chi connectivity index (χ1v) is 7.81. The first-order chi connectivity index (χ1) is 8.93. The molecule has 0 unspecified atom stereocenters. The third kappa shape index (κ3) is 4.04. The second-order valence-electron chi connectivity index (χ2n) is 4.11. The van der Waals surface area contributed by atoms with E-state index in [1.165, 1.54) is 17.4 Å². The average molecular weight is 303 g/mol. The van der Waals surface area contributed by atoms with Crippen LogP contribution in [0.4, 0.5) is 0 Å². The van der Waals surface area contributed by atoms with E-state index in [9.17, 15) is 8.42 Å². The Bertz CT molecular complexity index is 544. The number of nitrogens with one attached hydrogen (secondary N) is 1. The van der Waals surface area contributed by atoms with Gasteiger partial charge in [0, 0.05) is 25.2 Å². The molecule has 0 spiro atoms. The van der Waals surface area contributed by atoms with Gasteiger partial charge in [-0.1, -0.05) is 30.7 Å². The summed E-state index contributed by atoms with van der Waals surface area (Å²) in [5, 5.41) is 3.60. The van der Waals surface area contributed by atoms with Crippen LogP contribution in [0.3, 0.4) is 0 Å². The highest BCUT2D eigenvalue weighted by molar-refractivity contribution is 7.89. The van der Waals surface area contributed by atoms with Gasteiger partial charge in [-0.05, 0) is 24.2 Å². The summed E-state index contributed by atoms with van der Waals surface area (Å²) in [4.78, 5) is 0.196. The molecule has 0 saturated heterocycles. The van der Waals surface area contributed by atoms with E-state index in [2.05, 4.69) is 11.9 Å². The van der Waals surface area contributed by atoms with Crippen molar-refractivity contribution >= 4 is 21.6 Å². The molecule has 0 heterocycles. The number of likely N-dealkylation sites (N-methyl/N-ethyl adjacent to an activating group) is 1. The van der Waals surface area contributed by atoms with Gasteiger partial charge in [0.2, 0.25) is 10.0 Å². The molecule has 106 valence electrons. The van der Waals surface area contributed by atoms with E-state index in [1.807, 2.05) is 6.92 Å². The van der Waals surface area contributed by atoms with E-state index >= 15 is 0 Å². The summed E-state index contributed by atoms with van der Waals surface area (Å²) >= 11 is 6.11. The molecule has 0 aliphatic heterocycles. The van der Waals surface area contributed by atoms with Gasteiger partial charge in [0.25, 0.3) is 0 Å². The smallest absolute Gasteiger partial charge is 0.243 e. The minimum absolute atomic E-state index is 0.196. The maximum atomic E-state index is 12.2. The molecule has 0 radical (unpaired) electrons. The highest BCUT2D eigenvalue weighted by Gasteiger charge is 2.20. The highest BCUT2D eigenvalue weighted by atomic mass is 35.5.